The Morgan fingerprint density at radius 1 is 1.00 bits per heavy atom. The summed E-state index contributed by atoms with van der Waals surface area (Å²) < 4.78 is 80.1. The first-order valence-corrected chi connectivity index (χ1v) is 23.1. The third-order valence-electron chi connectivity index (χ3n) is 13.1. The Hall–Kier alpha value is -5.18. The summed E-state index contributed by atoms with van der Waals surface area (Å²) in [6.07, 6.45) is 3.95. The minimum Gasteiger partial charge on any atom is -0.459 e. The molecule has 62 heavy (non-hydrogen) atoms. The Morgan fingerprint density at radius 2 is 1.76 bits per heavy atom. The summed E-state index contributed by atoms with van der Waals surface area (Å²) >= 11 is 0. The van der Waals surface area contributed by atoms with Crippen molar-refractivity contribution in [1.82, 2.24) is 19.2 Å². The van der Waals surface area contributed by atoms with Crippen LogP contribution in [-0.2, 0) is 30.8 Å². The standard InChI is InChI=1S/C47H53F3N4O7S/c1-30(2)54-38-21-13-20-37(32-17-12-19-35(25-32)61-47(48,49)50)41(38)51-44(54)60-36-26-39-40(55)28-46(43(57)52-62(58,59)45(3)22-23-45)27-34(46)18-11-6-4-5-10-16-33(42(56)53(39)29-36)24-31-14-8-7-9-15-31/h7-9,11-15,17-21,25,30,33-34,36,39H,4-6,10,16,22-24,26-29H2,1-3H3,(H,52,57)/b18-11-/t33-,34+,36-,39+,46-/m1/s1. The number of carbonyl (C=O) groups excluding carboxylic acids is 3. The van der Waals surface area contributed by atoms with Crippen LogP contribution in [0.5, 0.6) is 11.8 Å². The first-order valence-electron chi connectivity index (χ1n) is 21.6. The number of Topliss-reactive ketones (excluding diaryl/α,β-unsaturated/α-hetero) is 1. The van der Waals surface area contributed by atoms with E-state index in [2.05, 4.69) is 9.46 Å². The molecule has 1 saturated heterocycles. The molecular formula is C47H53F3N4O7S. The molecule has 2 amide bonds. The summed E-state index contributed by atoms with van der Waals surface area (Å²) in [5, 5.41) is 0. The fourth-order valence-corrected chi connectivity index (χ4v) is 10.6. The van der Waals surface area contributed by atoms with Crippen molar-refractivity contribution in [2.75, 3.05) is 6.54 Å². The number of carbonyl (C=O) groups is 3. The molecular weight excluding hydrogens is 822 g/mol. The zero-order chi connectivity index (χ0) is 44.0. The second-order valence-corrected chi connectivity index (χ2v) is 20.2. The molecule has 3 fully saturated rings. The Balaban J connectivity index is 1.13. The van der Waals surface area contributed by atoms with Gasteiger partial charge in [0, 0.05) is 30.4 Å². The molecule has 5 atom stereocenters. The maximum atomic E-state index is 14.9. The molecule has 15 heteroatoms. The van der Waals surface area contributed by atoms with Crippen LogP contribution < -0.4 is 14.2 Å². The number of ketones is 1. The van der Waals surface area contributed by atoms with Gasteiger partial charge < -0.3 is 14.4 Å². The quantitative estimate of drug-likeness (QED) is 0.156. The molecule has 0 unspecified atom stereocenters. The predicted octanol–water partition coefficient (Wildman–Crippen LogP) is 8.87. The Labute approximate surface area is 360 Å². The van der Waals surface area contributed by atoms with E-state index in [1.54, 1.807) is 30.0 Å². The highest BCUT2D eigenvalue weighted by molar-refractivity contribution is 7.91. The molecule has 4 aliphatic rings. The van der Waals surface area contributed by atoms with E-state index in [9.17, 15) is 36.0 Å². The fourth-order valence-electron chi connectivity index (χ4n) is 9.24. The van der Waals surface area contributed by atoms with Gasteiger partial charge in [-0.05, 0) is 101 Å². The average Bonchev–Trinajstić information content (AvgIpc) is 4.04. The summed E-state index contributed by atoms with van der Waals surface area (Å²) in [5.74, 6) is -2.32. The van der Waals surface area contributed by atoms with Crippen molar-refractivity contribution in [2.45, 2.75) is 121 Å². The molecule has 2 aliphatic heterocycles. The van der Waals surface area contributed by atoms with Crippen LogP contribution >= 0.6 is 0 Å². The molecule has 0 bridgehead atoms. The molecule has 2 aliphatic carbocycles. The van der Waals surface area contributed by atoms with Gasteiger partial charge in [0.2, 0.25) is 21.8 Å². The van der Waals surface area contributed by atoms with Gasteiger partial charge in [0.25, 0.3) is 6.01 Å². The van der Waals surface area contributed by atoms with E-state index in [-0.39, 0.29) is 54.8 Å². The van der Waals surface area contributed by atoms with Crippen LogP contribution in [0.2, 0.25) is 0 Å². The number of allylic oxidation sites excluding steroid dienone is 2. The van der Waals surface area contributed by atoms with Crippen molar-refractivity contribution in [3.8, 4) is 22.9 Å². The first-order chi connectivity index (χ1) is 29.5. The number of ether oxygens (including phenoxy) is 2. The molecule has 11 nitrogen and oxygen atoms in total. The largest absolute Gasteiger partial charge is 0.573 e. The number of nitrogens with one attached hydrogen (secondary N) is 1. The lowest BCUT2D eigenvalue weighted by molar-refractivity contribution is -0.274. The number of hydrogen-bond acceptors (Lipinski definition) is 8. The number of sulfonamides is 1. The SMILES string of the molecule is CC(C)n1c(O[C@@H]2C[C@H]3C(=O)C[C@]4(C(=O)NS(=O)(=O)C5(C)CC5)C[C@@H]4/C=C\CCCCC[C@H](Cc4ccccc4)C(=O)N3C2)nc2c(-c3cccc(OC(F)(F)F)c3)cccc21. The van der Waals surface area contributed by atoms with Crippen LogP contribution in [0.25, 0.3) is 22.2 Å². The molecule has 1 N–H and O–H groups in total. The average molecular weight is 875 g/mol. The highest BCUT2D eigenvalue weighted by atomic mass is 32.2. The van der Waals surface area contributed by atoms with Crippen molar-refractivity contribution in [3.63, 3.8) is 0 Å². The van der Waals surface area contributed by atoms with Crippen molar-refractivity contribution in [2.24, 2.45) is 17.3 Å². The van der Waals surface area contributed by atoms with Gasteiger partial charge in [-0.15, -0.1) is 13.2 Å². The number of nitrogens with zero attached hydrogens (tertiary/aromatic N) is 3. The van der Waals surface area contributed by atoms with E-state index >= 15 is 0 Å². The fraction of sp³-hybridized carbons (Fsp3) is 0.489. The van der Waals surface area contributed by atoms with E-state index in [1.165, 1.54) is 18.2 Å². The molecule has 330 valence electrons. The molecule has 0 spiro atoms. The maximum absolute atomic E-state index is 14.9. The van der Waals surface area contributed by atoms with E-state index in [4.69, 9.17) is 9.72 Å². The van der Waals surface area contributed by atoms with Crippen LogP contribution in [0.4, 0.5) is 13.2 Å². The van der Waals surface area contributed by atoms with Crippen LogP contribution in [0, 0.1) is 17.3 Å². The minimum atomic E-state index is -4.87. The summed E-state index contributed by atoms with van der Waals surface area (Å²) in [7, 11) is -3.97. The highest BCUT2D eigenvalue weighted by Crippen LogP contribution is 2.57. The molecule has 8 rings (SSSR count). The van der Waals surface area contributed by atoms with E-state index < -0.39 is 50.5 Å². The van der Waals surface area contributed by atoms with Crippen LogP contribution in [0.15, 0.2) is 84.9 Å². The van der Waals surface area contributed by atoms with Gasteiger partial charge in [-0.2, -0.15) is 4.98 Å². The Bertz CT molecular complexity index is 2480. The minimum absolute atomic E-state index is 0.0702. The number of aromatic nitrogens is 2. The van der Waals surface area contributed by atoms with E-state index in [0.29, 0.717) is 54.3 Å². The number of imidazole rings is 1. The normalized spacial score (nSPS) is 26.0. The third kappa shape index (κ3) is 9.00. The highest BCUT2D eigenvalue weighted by Gasteiger charge is 2.62. The van der Waals surface area contributed by atoms with Crippen molar-refractivity contribution in [1.29, 1.82) is 0 Å². The van der Waals surface area contributed by atoms with Gasteiger partial charge in [-0.3, -0.25) is 23.7 Å². The Kier molecular flexibility index (Phi) is 11.8. The summed E-state index contributed by atoms with van der Waals surface area (Å²) in [6, 6.07) is 19.9. The number of benzene rings is 3. The molecule has 1 aromatic heterocycles. The van der Waals surface area contributed by atoms with Crippen molar-refractivity contribution in [3.05, 3.63) is 90.5 Å². The van der Waals surface area contributed by atoms with Crippen LogP contribution in [-0.4, -0.2) is 70.3 Å². The van der Waals surface area contributed by atoms with Crippen molar-refractivity contribution < 1.29 is 45.4 Å². The van der Waals surface area contributed by atoms with E-state index in [1.807, 2.05) is 67.0 Å². The second-order valence-electron chi connectivity index (χ2n) is 18.0. The first kappa shape index (κ1) is 43.5. The summed E-state index contributed by atoms with van der Waals surface area (Å²) in [5.41, 5.74) is 1.90. The molecule has 0 radical (unpaired) electrons. The maximum Gasteiger partial charge on any atom is 0.573 e. The molecule has 4 aromatic rings. The number of para-hydroxylation sites is 1. The van der Waals surface area contributed by atoms with Gasteiger partial charge in [-0.1, -0.05) is 79.6 Å². The molecule has 3 heterocycles. The van der Waals surface area contributed by atoms with Crippen LogP contribution in [0.1, 0.15) is 96.6 Å². The lowest BCUT2D eigenvalue weighted by Crippen LogP contribution is -2.47. The van der Waals surface area contributed by atoms with Gasteiger partial charge >= 0.3 is 6.36 Å². The van der Waals surface area contributed by atoms with Gasteiger partial charge in [0.1, 0.15) is 17.4 Å². The number of fused-ring (bicyclic) bond motifs is 3. The number of amides is 2. The topological polar surface area (TPSA) is 137 Å². The predicted molar refractivity (Wildman–Crippen MR) is 227 cm³/mol. The van der Waals surface area contributed by atoms with Gasteiger partial charge in [0.15, 0.2) is 5.78 Å². The zero-order valence-corrected chi connectivity index (χ0v) is 36.0. The summed E-state index contributed by atoms with van der Waals surface area (Å²) in [6.45, 7) is 5.58. The number of hydrogen-bond donors (Lipinski definition) is 1. The second kappa shape index (κ2) is 16.8. The number of rotatable bonds is 10. The zero-order valence-electron chi connectivity index (χ0n) is 35.2. The van der Waals surface area contributed by atoms with Gasteiger partial charge in [0.05, 0.1) is 28.3 Å². The molecule has 3 aromatic carbocycles. The smallest absolute Gasteiger partial charge is 0.459 e. The monoisotopic (exact) mass is 874 g/mol. The number of alkyl halides is 3. The lowest BCUT2D eigenvalue weighted by Gasteiger charge is -2.29. The van der Waals surface area contributed by atoms with Gasteiger partial charge in [-0.25, -0.2) is 8.42 Å². The number of halogens is 3. The van der Waals surface area contributed by atoms with Crippen LogP contribution in [0.3, 0.4) is 0 Å². The van der Waals surface area contributed by atoms with E-state index in [0.717, 1.165) is 31.2 Å². The summed E-state index contributed by atoms with van der Waals surface area (Å²) in [4.78, 5) is 50.3. The lowest BCUT2D eigenvalue weighted by atomic mass is 9.90. The molecule has 2 saturated carbocycles. The third-order valence-corrected chi connectivity index (χ3v) is 15.3. The Morgan fingerprint density at radius 3 is 2.48 bits per heavy atom. The van der Waals surface area contributed by atoms with Crippen molar-refractivity contribution >= 4 is 38.7 Å².